The predicted molar refractivity (Wildman–Crippen MR) is 104 cm³/mol. The first-order valence-electron chi connectivity index (χ1n) is 9.59. The van der Waals surface area contributed by atoms with Crippen molar-refractivity contribution in [2.24, 2.45) is 0 Å². The Morgan fingerprint density at radius 2 is 1.77 bits per heavy atom. The molecule has 0 aromatic carbocycles. The molecule has 1 aliphatic carbocycles. The smallest absolute Gasteiger partial charge is 0.341 e. The van der Waals surface area contributed by atoms with Crippen molar-refractivity contribution in [3.8, 4) is 0 Å². The minimum Gasteiger partial charge on any atom is -0.465 e. The third kappa shape index (κ3) is 4.45. The predicted octanol–water partition coefficient (Wildman–Crippen LogP) is 2.38. The van der Waals surface area contributed by atoms with Crippen molar-refractivity contribution in [1.82, 2.24) is 9.80 Å². The number of hydrogen-bond donors (Lipinski definition) is 1. The van der Waals surface area contributed by atoms with Gasteiger partial charge in [0.1, 0.15) is 5.00 Å². The van der Waals surface area contributed by atoms with Crippen molar-refractivity contribution >= 4 is 28.2 Å². The Morgan fingerprint density at radius 1 is 1.08 bits per heavy atom. The Morgan fingerprint density at radius 3 is 2.46 bits per heavy atom. The molecule has 1 N–H and O–H groups in total. The zero-order valence-corrected chi connectivity index (χ0v) is 16.6. The van der Waals surface area contributed by atoms with E-state index in [-0.39, 0.29) is 11.9 Å². The van der Waals surface area contributed by atoms with Gasteiger partial charge in [-0.2, -0.15) is 0 Å². The van der Waals surface area contributed by atoms with Crippen LogP contribution in [0.4, 0.5) is 5.00 Å². The van der Waals surface area contributed by atoms with Crippen molar-refractivity contribution in [2.45, 2.75) is 39.0 Å². The Kier molecular flexibility index (Phi) is 6.67. The highest BCUT2D eigenvalue weighted by atomic mass is 32.1. The lowest BCUT2D eigenvalue weighted by molar-refractivity contribution is -0.117. The number of esters is 1. The standard InChI is InChI=1S/C19H29N3O3S/c1-3-21-9-11-22(12-10-21)13-16(23)20-18-17(19(24)25-2)14-7-5-4-6-8-15(14)26-18/h3-13H2,1-2H3,(H,20,23). The normalized spacial score (nSPS) is 18.8. The molecule has 0 unspecified atom stereocenters. The van der Waals surface area contributed by atoms with Gasteiger partial charge in [0, 0.05) is 31.1 Å². The second-order valence-corrected chi connectivity index (χ2v) is 8.12. The summed E-state index contributed by atoms with van der Waals surface area (Å²) >= 11 is 1.55. The number of likely N-dealkylation sites (N-methyl/N-ethyl adjacent to an activating group) is 1. The van der Waals surface area contributed by atoms with Crippen molar-refractivity contribution in [3.05, 3.63) is 16.0 Å². The SMILES string of the molecule is CCN1CCN(CC(=O)Nc2sc3c(c2C(=O)OC)CCCCC3)CC1. The lowest BCUT2D eigenvalue weighted by Gasteiger charge is -2.33. The molecule has 0 atom stereocenters. The maximum atomic E-state index is 12.6. The van der Waals surface area contributed by atoms with Crippen LogP contribution in [0.2, 0.25) is 0 Å². The Labute approximate surface area is 159 Å². The van der Waals surface area contributed by atoms with Gasteiger partial charge in [0.2, 0.25) is 5.91 Å². The molecule has 1 saturated heterocycles. The van der Waals surface area contributed by atoms with E-state index in [1.807, 2.05) is 0 Å². The van der Waals surface area contributed by atoms with Crippen LogP contribution in [0, 0.1) is 0 Å². The molecule has 0 saturated carbocycles. The first-order valence-corrected chi connectivity index (χ1v) is 10.4. The van der Waals surface area contributed by atoms with Crippen LogP contribution in [-0.4, -0.2) is 68.1 Å². The van der Waals surface area contributed by atoms with Gasteiger partial charge in [-0.25, -0.2) is 4.79 Å². The molecule has 7 heteroatoms. The molecule has 3 rings (SSSR count). The summed E-state index contributed by atoms with van der Waals surface area (Å²) in [5.74, 6) is -0.382. The molecular formula is C19H29N3O3S. The van der Waals surface area contributed by atoms with Gasteiger partial charge in [0.15, 0.2) is 0 Å². The summed E-state index contributed by atoms with van der Waals surface area (Å²) in [6.45, 7) is 7.43. The van der Waals surface area contributed by atoms with Gasteiger partial charge in [-0.15, -0.1) is 11.3 Å². The van der Waals surface area contributed by atoms with Crippen molar-refractivity contribution in [1.29, 1.82) is 0 Å². The van der Waals surface area contributed by atoms with E-state index in [1.165, 1.54) is 18.4 Å². The Balaban J connectivity index is 1.69. The van der Waals surface area contributed by atoms with E-state index < -0.39 is 0 Å². The fraction of sp³-hybridized carbons (Fsp3) is 0.684. The quantitative estimate of drug-likeness (QED) is 0.629. The Hall–Kier alpha value is -1.44. The lowest BCUT2D eigenvalue weighted by atomic mass is 10.1. The molecular weight excluding hydrogens is 350 g/mol. The first kappa shape index (κ1) is 19.3. The number of rotatable bonds is 5. The second-order valence-electron chi connectivity index (χ2n) is 7.02. The summed E-state index contributed by atoms with van der Waals surface area (Å²) in [6.07, 6.45) is 5.30. The number of anilines is 1. The number of thiophene rings is 1. The van der Waals surface area contributed by atoms with E-state index in [4.69, 9.17) is 4.74 Å². The number of fused-ring (bicyclic) bond motifs is 1. The largest absolute Gasteiger partial charge is 0.465 e. The summed E-state index contributed by atoms with van der Waals surface area (Å²) in [5, 5.41) is 3.67. The zero-order valence-electron chi connectivity index (χ0n) is 15.8. The molecule has 0 radical (unpaired) electrons. The van der Waals surface area contributed by atoms with Crippen LogP contribution in [0.1, 0.15) is 47.0 Å². The lowest BCUT2D eigenvalue weighted by Crippen LogP contribution is -2.48. The number of hydrogen-bond acceptors (Lipinski definition) is 6. The number of aryl methyl sites for hydroxylation is 1. The van der Waals surface area contributed by atoms with Gasteiger partial charge in [0.05, 0.1) is 19.2 Å². The number of ether oxygens (including phenoxy) is 1. The zero-order chi connectivity index (χ0) is 18.5. The fourth-order valence-electron chi connectivity index (χ4n) is 3.78. The number of amides is 1. The van der Waals surface area contributed by atoms with Crippen molar-refractivity contribution in [2.75, 3.05) is 51.7 Å². The molecule has 1 aromatic rings. The molecule has 2 aliphatic rings. The number of carbonyl (C=O) groups is 2. The summed E-state index contributed by atoms with van der Waals surface area (Å²) in [6, 6.07) is 0. The molecule has 1 amide bonds. The summed E-state index contributed by atoms with van der Waals surface area (Å²) < 4.78 is 5.00. The summed E-state index contributed by atoms with van der Waals surface area (Å²) in [5.41, 5.74) is 1.67. The second kappa shape index (κ2) is 8.97. The van der Waals surface area contributed by atoms with Gasteiger partial charge < -0.3 is 15.0 Å². The molecule has 1 aromatic heterocycles. The minimum absolute atomic E-state index is 0.0449. The molecule has 0 spiro atoms. The molecule has 26 heavy (non-hydrogen) atoms. The monoisotopic (exact) mass is 379 g/mol. The molecule has 1 fully saturated rings. The molecule has 1 aliphatic heterocycles. The van der Waals surface area contributed by atoms with Crippen molar-refractivity contribution in [3.63, 3.8) is 0 Å². The molecule has 6 nitrogen and oxygen atoms in total. The van der Waals surface area contributed by atoms with Crippen LogP contribution in [-0.2, 0) is 22.4 Å². The third-order valence-electron chi connectivity index (χ3n) is 5.34. The number of nitrogens with one attached hydrogen (secondary N) is 1. The van der Waals surface area contributed by atoms with Crippen LogP contribution in [0.15, 0.2) is 0 Å². The van der Waals surface area contributed by atoms with E-state index in [0.717, 1.165) is 64.0 Å². The van der Waals surface area contributed by atoms with Gasteiger partial charge in [-0.05, 0) is 37.8 Å². The summed E-state index contributed by atoms with van der Waals surface area (Å²) in [4.78, 5) is 30.7. The highest BCUT2D eigenvalue weighted by molar-refractivity contribution is 7.17. The number of methoxy groups -OCH3 is 1. The Bertz CT molecular complexity index is 651. The third-order valence-corrected chi connectivity index (χ3v) is 6.55. The van der Waals surface area contributed by atoms with Gasteiger partial charge >= 0.3 is 5.97 Å². The maximum Gasteiger partial charge on any atom is 0.341 e. The topological polar surface area (TPSA) is 61.9 Å². The molecule has 144 valence electrons. The highest BCUT2D eigenvalue weighted by Gasteiger charge is 2.27. The summed E-state index contributed by atoms with van der Waals surface area (Å²) in [7, 11) is 1.40. The number of piperazine rings is 1. The first-order chi connectivity index (χ1) is 12.6. The number of carbonyl (C=O) groups excluding carboxylic acids is 2. The fourth-order valence-corrected chi connectivity index (χ4v) is 5.08. The average molecular weight is 380 g/mol. The van der Waals surface area contributed by atoms with E-state index in [1.54, 1.807) is 11.3 Å². The minimum atomic E-state index is -0.337. The maximum absolute atomic E-state index is 12.6. The van der Waals surface area contributed by atoms with E-state index in [0.29, 0.717) is 17.1 Å². The molecule has 0 bridgehead atoms. The van der Waals surface area contributed by atoms with Gasteiger partial charge in [-0.1, -0.05) is 13.3 Å². The van der Waals surface area contributed by atoms with Crippen LogP contribution in [0.5, 0.6) is 0 Å². The average Bonchev–Trinajstić information content (AvgIpc) is 2.82. The van der Waals surface area contributed by atoms with Crippen LogP contribution in [0.25, 0.3) is 0 Å². The van der Waals surface area contributed by atoms with Crippen molar-refractivity contribution < 1.29 is 14.3 Å². The van der Waals surface area contributed by atoms with E-state index in [2.05, 4.69) is 22.0 Å². The van der Waals surface area contributed by atoms with Gasteiger partial charge in [-0.3, -0.25) is 9.69 Å². The van der Waals surface area contributed by atoms with E-state index >= 15 is 0 Å². The molecule has 2 heterocycles. The number of nitrogens with zero attached hydrogens (tertiary/aromatic N) is 2. The van der Waals surface area contributed by atoms with Crippen LogP contribution >= 0.6 is 11.3 Å². The van der Waals surface area contributed by atoms with Crippen LogP contribution < -0.4 is 5.32 Å². The van der Waals surface area contributed by atoms with Crippen LogP contribution in [0.3, 0.4) is 0 Å². The highest BCUT2D eigenvalue weighted by Crippen LogP contribution is 2.37. The van der Waals surface area contributed by atoms with Gasteiger partial charge in [0.25, 0.3) is 0 Å². The van der Waals surface area contributed by atoms with E-state index in [9.17, 15) is 9.59 Å².